The van der Waals surface area contributed by atoms with E-state index in [2.05, 4.69) is 5.16 Å². The second-order valence-corrected chi connectivity index (χ2v) is 3.35. The summed E-state index contributed by atoms with van der Waals surface area (Å²) in [5.41, 5.74) is 0.779. The number of rotatable bonds is 2. The van der Waals surface area contributed by atoms with E-state index in [1.54, 1.807) is 19.1 Å². The Morgan fingerprint density at radius 2 is 2.19 bits per heavy atom. The van der Waals surface area contributed by atoms with Crippen molar-refractivity contribution < 1.29 is 18.8 Å². The lowest BCUT2D eigenvalue weighted by molar-refractivity contribution is 0.0686. The van der Waals surface area contributed by atoms with Crippen LogP contribution in [0.15, 0.2) is 28.8 Å². The maximum absolute atomic E-state index is 13.3. The van der Waals surface area contributed by atoms with Gasteiger partial charge in [-0.15, -0.1) is 0 Å². The largest absolute Gasteiger partial charge is 0.476 e. The fourth-order valence-corrected chi connectivity index (χ4v) is 1.26. The Morgan fingerprint density at radius 3 is 2.75 bits per heavy atom. The molecule has 0 atom stereocenters. The number of carboxylic acid groups (broad SMARTS) is 1. The van der Waals surface area contributed by atoms with Crippen molar-refractivity contribution in [1.29, 1.82) is 0 Å². The minimum atomic E-state index is -1.18. The monoisotopic (exact) mass is 221 g/mol. The van der Waals surface area contributed by atoms with Crippen LogP contribution < -0.4 is 0 Å². The maximum Gasteiger partial charge on any atom is 0.358 e. The first-order chi connectivity index (χ1) is 7.58. The molecule has 0 aliphatic rings. The standard InChI is InChI=1S/C11H8FNO3/c1-6-2-3-7(4-8(6)12)10-5-9(11(14)15)13-16-10/h2-5H,1H3,(H,14,15). The minimum Gasteiger partial charge on any atom is -0.476 e. The third-order valence-corrected chi connectivity index (χ3v) is 2.19. The van der Waals surface area contributed by atoms with Crippen LogP contribution in [0.3, 0.4) is 0 Å². The molecule has 0 bridgehead atoms. The lowest BCUT2D eigenvalue weighted by Crippen LogP contribution is -1.94. The molecule has 2 aromatic rings. The molecular formula is C11H8FNO3. The highest BCUT2D eigenvalue weighted by atomic mass is 19.1. The molecule has 16 heavy (non-hydrogen) atoms. The van der Waals surface area contributed by atoms with Gasteiger partial charge in [0.15, 0.2) is 11.5 Å². The number of carbonyl (C=O) groups is 1. The molecule has 1 aromatic heterocycles. The average molecular weight is 221 g/mol. The lowest BCUT2D eigenvalue weighted by Gasteiger charge is -1.98. The van der Waals surface area contributed by atoms with Crippen molar-refractivity contribution in [2.75, 3.05) is 0 Å². The number of halogens is 1. The molecule has 1 heterocycles. The maximum atomic E-state index is 13.3. The smallest absolute Gasteiger partial charge is 0.358 e. The molecule has 1 N–H and O–H groups in total. The normalized spacial score (nSPS) is 10.4. The van der Waals surface area contributed by atoms with Crippen molar-refractivity contribution in [3.63, 3.8) is 0 Å². The zero-order valence-corrected chi connectivity index (χ0v) is 8.40. The van der Waals surface area contributed by atoms with Crippen LogP contribution in [0.25, 0.3) is 11.3 Å². The number of nitrogens with zero attached hydrogens (tertiary/aromatic N) is 1. The number of aromatic carboxylic acids is 1. The van der Waals surface area contributed by atoms with E-state index in [-0.39, 0.29) is 17.3 Å². The summed E-state index contributed by atoms with van der Waals surface area (Å²) < 4.78 is 18.1. The molecule has 0 unspecified atom stereocenters. The van der Waals surface area contributed by atoms with Gasteiger partial charge >= 0.3 is 5.97 Å². The topological polar surface area (TPSA) is 63.3 Å². The molecule has 0 aliphatic carbocycles. The van der Waals surface area contributed by atoms with Crippen molar-refractivity contribution in [3.05, 3.63) is 41.3 Å². The highest BCUT2D eigenvalue weighted by Crippen LogP contribution is 2.22. The summed E-state index contributed by atoms with van der Waals surface area (Å²) in [4.78, 5) is 10.6. The van der Waals surface area contributed by atoms with Gasteiger partial charge in [-0.2, -0.15) is 0 Å². The van der Waals surface area contributed by atoms with Crippen LogP contribution in [0.2, 0.25) is 0 Å². The zero-order valence-electron chi connectivity index (χ0n) is 8.40. The summed E-state index contributed by atoms with van der Waals surface area (Å²) in [6.45, 7) is 1.64. The van der Waals surface area contributed by atoms with Gasteiger partial charge < -0.3 is 9.63 Å². The van der Waals surface area contributed by atoms with E-state index in [4.69, 9.17) is 9.63 Å². The number of hydrogen-bond acceptors (Lipinski definition) is 3. The molecule has 0 saturated heterocycles. The number of hydrogen-bond donors (Lipinski definition) is 1. The summed E-state index contributed by atoms with van der Waals surface area (Å²) in [5.74, 6) is -1.32. The molecule has 0 radical (unpaired) electrons. The van der Waals surface area contributed by atoms with Crippen LogP contribution in [0.1, 0.15) is 16.1 Å². The molecule has 5 heteroatoms. The predicted molar refractivity (Wildman–Crippen MR) is 53.6 cm³/mol. The Balaban J connectivity index is 2.42. The van der Waals surface area contributed by atoms with Crippen molar-refractivity contribution in [2.45, 2.75) is 6.92 Å². The van der Waals surface area contributed by atoms with E-state index in [0.29, 0.717) is 11.1 Å². The van der Waals surface area contributed by atoms with E-state index < -0.39 is 5.97 Å². The Morgan fingerprint density at radius 1 is 1.44 bits per heavy atom. The third kappa shape index (κ3) is 1.79. The minimum absolute atomic E-state index is 0.198. The summed E-state index contributed by atoms with van der Waals surface area (Å²) >= 11 is 0. The SMILES string of the molecule is Cc1ccc(-c2cc(C(=O)O)no2)cc1F. The first-order valence-electron chi connectivity index (χ1n) is 4.54. The molecular weight excluding hydrogens is 213 g/mol. The Bertz CT molecular complexity index is 548. The predicted octanol–water partition coefficient (Wildman–Crippen LogP) is 2.49. The van der Waals surface area contributed by atoms with Crippen molar-refractivity contribution in [1.82, 2.24) is 5.16 Å². The first kappa shape index (κ1) is 10.4. The molecule has 2 rings (SSSR count). The number of carboxylic acids is 1. The van der Waals surface area contributed by atoms with Gasteiger partial charge in [-0.05, 0) is 18.6 Å². The van der Waals surface area contributed by atoms with Crippen molar-refractivity contribution >= 4 is 5.97 Å². The zero-order chi connectivity index (χ0) is 11.7. The van der Waals surface area contributed by atoms with Gasteiger partial charge in [-0.1, -0.05) is 17.3 Å². The Labute approximate surface area is 90.3 Å². The van der Waals surface area contributed by atoms with Gasteiger partial charge in [-0.3, -0.25) is 0 Å². The second-order valence-electron chi connectivity index (χ2n) is 3.35. The van der Waals surface area contributed by atoms with Crippen molar-refractivity contribution in [2.24, 2.45) is 0 Å². The van der Waals surface area contributed by atoms with Gasteiger partial charge in [0.1, 0.15) is 5.82 Å². The molecule has 4 nitrogen and oxygen atoms in total. The fourth-order valence-electron chi connectivity index (χ4n) is 1.26. The Kier molecular flexibility index (Phi) is 2.44. The van der Waals surface area contributed by atoms with Crippen molar-refractivity contribution in [3.8, 4) is 11.3 Å². The van der Waals surface area contributed by atoms with Crippen LogP contribution in [-0.2, 0) is 0 Å². The Hall–Kier alpha value is -2.17. The fraction of sp³-hybridized carbons (Fsp3) is 0.0909. The van der Waals surface area contributed by atoms with E-state index in [0.717, 1.165) is 0 Å². The summed E-state index contributed by atoms with van der Waals surface area (Å²) in [5, 5.41) is 12.0. The number of aryl methyl sites for hydroxylation is 1. The first-order valence-corrected chi connectivity index (χ1v) is 4.54. The number of aromatic nitrogens is 1. The molecule has 0 spiro atoms. The van der Waals surface area contributed by atoms with Crippen LogP contribution in [0, 0.1) is 12.7 Å². The van der Waals surface area contributed by atoms with Gasteiger partial charge in [0.05, 0.1) is 0 Å². The molecule has 0 amide bonds. The number of benzene rings is 1. The van der Waals surface area contributed by atoms with Crippen LogP contribution in [0.5, 0.6) is 0 Å². The lowest BCUT2D eigenvalue weighted by atomic mass is 10.1. The van der Waals surface area contributed by atoms with Gasteiger partial charge in [-0.25, -0.2) is 9.18 Å². The van der Waals surface area contributed by atoms with E-state index in [1.807, 2.05) is 0 Å². The third-order valence-electron chi connectivity index (χ3n) is 2.19. The van der Waals surface area contributed by atoms with Crippen LogP contribution >= 0.6 is 0 Å². The van der Waals surface area contributed by atoms with Gasteiger partial charge in [0, 0.05) is 11.6 Å². The molecule has 0 aliphatic heterocycles. The summed E-state index contributed by atoms with van der Waals surface area (Å²) in [6.07, 6.45) is 0. The highest BCUT2D eigenvalue weighted by molar-refractivity contribution is 5.86. The molecule has 0 fully saturated rings. The van der Waals surface area contributed by atoms with Crippen LogP contribution in [0.4, 0.5) is 4.39 Å². The molecule has 82 valence electrons. The van der Waals surface area contributed by atoms with Gasteiger partial charge in [0.25, 0.3) is 0 Å². The van der Waals surface area contributed by atoms with Gasteiger partial charge in [0.2, 0.25) is 0 Å². The molecule has 0 saturated carbocycles. The highest BCUT2D eigenvalue weighted by Gasteiger charge is 2.12. The van der Waals surface area contributed by atoms with E-state index in [9.17, 15) is 9.18 Å². The van der Waals surface area contributed by atoms with E-state index >= 15 is 0 Å². The summed E-state index contributed by atoms with van der Waals surface area (Å²) in [6, 6.07) is 5.77. The second kappa shape index (κ2) is 3.77. The van der Waals surface area contributed by atoms with E-state index in [1.165, 1.54) is 12.1 Å². The molecule has 1 aromatic carbocycles. The van der Waals surface area contributed by atoms with Crippen LogP contribution in [-0.4, -0.2) is 16.2 Å². The average Bonchev–Trinajstić information content (AvgIpc) is 2.71. The summed E-state index contributed by atoms with van der Waals surface area (Å²) in [7, 11) is 0. The quantitative estimate of drug-likeness (QED) is 0.846.